The number of fused-ring (bicyclic) bond motifs is 1. The number of hydrogen-bond acceptors (Lipinski definition) is 5. The normalized spacial score (nSPS) is 16.6. The highest BCUT2D eigenvalue weighted by Crippen LogP contribution is 2.18. The molecule has 3 aromatic rings. The van der Waals surface area contributed by atoms with Gasteiger partial charge in [-0.2, -0.15) is 4.31 Å². The molecule has 1 aliphatic rings. The number of carbonyl (C=O) groups excluding carboxylic acids is 1. The number of benzene rings is 1. The van der Waals surface area contributed by atoms with E-state index in [2.05, 4.69) is 15.0 Å². The zero-order chi connectivity index (χ0) is 19.0. The summed E-state index contributed by atoms with van der Waals surface area (Å²) >= 11 is 0. The minimum absolute atomic E-state index is 0.0365. The van der Waals surface area contributed by atoms with Gasteiger partial charge in [-0.15, -0.1) is 0 Å². The van der Waals surface area contributed by atoms with Crippen molar-refractivity contribution in [2.45, 2.75) is 11.4 Å². The number of carbonyl (C=O) groups is 1. The molecule has 0 unspecified atom stereocenters. The van der Waals surface area contributed by atoms with E-state index in [1.165, 1.54) is 16.8 Å². The summed E-state index contributed by atoms with van der Waals surface area (Å²) in [5, 5.41) is 0.0365. The van der Waals surface area contributed by atoms with Crippen LogP contribution in [-0.2, 0) is 17.1 Å². The van der Waals surface area contributed by atoms with Crippen LogP contribution in [0.25, 0.3) is 11.0 Å². The van der Waals surface area contributed by atoms with E-state index >= 15 is 0 Å². The summed E-state index contributed by atoms with van der Waals surface area (Å²) in [6.07, 6.45) is 5.12. The monoisotopic (exact) mass is 388 g/mol. The number of H-pyrrole nitrogens is 1. The first-order valence-electron chi connectivity index (χ1n) is 8.66. The van der Waals surface area contributed by atoms with E-state index in [1.807, 2.05) is 0 Å². The van der Waals surface area contributed by atoms with E-state index in [-0.39, 0.29) is 17.5 Å². The van der Waals surface area contributed by atoms with Crippen LogP contribution in [0, 0.1) is 0 Å². The molecular formula is C17H20N6O3S. The van der Waals surface area contributed by atoms with E-state index in [4.69, 9.17) is 0 Å². The van der Waals surface area contributed by atoms with Crippen molar-refractivity contribution in [3.8, 4) is 0 Å². The topological polar surface area (TPSA) is 104 Å². The average Bonchev–Trinajstić information content (AvgIpc) is 3.22. The Hall–Kier alpha value is -2.72. The summed E-state index contributed by atoms with van der Waals surface area (Å²) in [6, 6.07) is 5.32. The van der Waals surface area contributed by atoms with Gasteiger partial charge in [0.05, 0.1) is 23.7 Å². The number of aryl methyl sites for hydroxylation is 1. The number of nitrogens with zero attached hydrogens (tertiary/aromatic N) is 5. The Bertz CT molecular complexity index is 1090. The third-order valence-corrected chi connectivity index (χ3v) is 6.48. The lowest BCUT2D eigenvalue weighted by Gasteiger charge is -2.21. The van der Waals surface area contributed by atoms with Gasteiger partial charge >= 0.3 is 0 Å². The second-order valence-electron chi connectivity index (χ2n) is 6.56. The van der Waals surface area contributed by atoms with Crippen molar-refractivity contribution in [2.75, 3.05) is 26.2 Å². The molecule has 1 aromatic carbocycles. The van der Waals surface area contributed by atoms with Crippen LogP contribution < -0.4 is 0 Å². The Balaban J connectivity index is 1.50. The lowest BCUT2D eigenvalue weighted by atomic mass is 10.1. The van der Waals surface area contributed by atoms with Gasteiger partial charge in [-0.05, 0) is 24.6 Å². The summed E-state index contributed by atoms with van der Waals surface area (Å²) in [4.78, 5) is 25.7. The van der Waals surface area contributed by atoms with Gasteiger partial charge < -0.3 is 14.5 Å². The maximum Gasteiger partial charge on any atom is 0.262 e. The van der Waals surface area contributed by atoms with Crippen molar-refractivity contribution in [1.82, 2.24) is 28.7 Å². The highest BCUT2D eigenvalue weighted by Gasteiger charge is 2.30. The Morgan fingerprint density at radius 2 is 2.00 bits per heavy atom. The Labute approximate surface area is 156 Å². The zero-order valence-corrected chi connectivity index (χ0v) is 15.7. The van der Waals surface area contributed by atoms with Crippen molar-refractivity contribution in [1.29, 1.82) is 0 Å². The summed E-state index contributed by atoms with van der Waals surface area (Å²) in [7, 11) is -1.92. The second kappa shape index (κ2) is 6.78. The predicted octanol–water partition coefficient (Wildman–Crippen LogP) is 0.833. The average molecular weight is 388 g/mol. The molecule has 0 saturated carbocycles. The maximum absolute atomic E-state index is 12.9. The summed E-state index contributed by atoms with van der Waals surface area (Å²) in [5.41, 5.74) is 2.16. The fourth-order valence-electron chi connectivity index (χ4n) is 3.24. The number of aromatic amines is 1. The Kier molecular flexibility index (Phi) is 4.44. The standard InChI is InChI=1S/C17H20N6O3S/c1-21-10-16(20-12-21)27(25,26)23-6-2-5-22(7-8-23)17(24)13-3-4-14-15(9-13)19-11-18-14/h3-4,9-12H,2,5-8H2,1H3,(H,18,19). The van der Waals surface area contributed by atoms with Gasteiger partial charge in [0, 0.05) is 45.0 Å². The van der Waals surface area contributed by atoms with Gasteiger partial charge in [0.2, 0.25) is 0 Å². The van der Waals surface area contributed by atoms with Gasteiger partial charge in [0.15, 0.2) is 5.03 Å². The SMILES string of the molecule is Cn1cnc(S(=O)(=O)N2CCCN(C(=O)c3ccc4nc[nH]c4c3)CC2)c1. The van der Waals surface area contributed by atoms with Crippen molar-refractivity contribution in [3.05, 3.63) is 42.6 Å². The van der Waals surface area contributed by atoms with Crippen LogP contribution in [0.4, 0.5) is 0 Å². The first kappa shape index (κ1) is 17.7. The number of rotatable bonds is 3. The molecule has 142 valence electrons. The maximum atomic E-state index is 12.9. The zero-order valence-electron chi connectivity index (χ0n) is 14.9. The molecule has 9 nitrogen and oxygen atoms in total. The number of hydrogen-bond donors (Lipinski definition) is 1. The molecule has 2 aromatic heterocycles. The molecule has 1 fully saturated rings. The molecular weight excluding hydrogens is 368 g/mol. The van der Waals surface area contributed by atoms with Crippen molar-refractivity contribution in [3.63, 3.8) is 0 Å². The van der Waals surface area contributed by atoms with Crippen LogP contribution in [0.15, 0.2) is 42.1 Å². The van der Waals surface area contributed by atoms with Crippen molar-refractivity contribution in [2.24, 2.45) is 7.05 Å². The highest BCUT2D eigenvalue weighted by atomic mass is 32.2. The van der Waals surface area contributed by atoms with Gasteiger partial charge in [0.25, 0.3) is 15.9 Å². The van der Waals surface area contributed by atoms with E-state index in [9.17, 15) is 13.2 Å². The summed E-state index contributed by atoms with van der Waals surface area (Å²) < 4.78 is 28.5. The minimum atomic E-state index is -3.65. The Morgan fingerprint density at radius 1 is 1.15 bits per heavy atom. The molecule has 1 amide bonds. The van der Waals surface area contributed by atoms with E-state index in [0.29, 0.717) is 31.6 Å². The van der Waals surface area contributed by atoms with Crippen LogP contribution >= 0.6 is 0 Å². The van der Waals surface area contributed by atoms with Crippen LogP contribution in [0.1, 0.15) is 16.8 Å². The van der Waals surface area contributed by atoms with Crippen LogP contribution in [0.2, 0.25) is 0 Å². The molecule has 1 saturated heterocycles. The lowest BCUT2D eigenvalue weighted by molar-refractivity contribution is 0.0764. The van der Waals surface area contributed by atoms with Gasteiger partial charge in [-0.1, -0.05) is 0 Å². The molecule has 27 heavy (non-hydrogen) atoms. The summed E-state index contributed by atoms with van der Waals surface area (Å²) in [5.74, 6) is -0.108. The first-order valence-corrected chi connectivity index (χ1v) is 10.1. The quantitative estimate of drug-likeness (QED) is 0.716. The van der Waals surface area contributed by atoms with Crippen molar-refractivity contribution >= 4 is 27.0 Å². The van der Waals surface area contributed by atoms with E-state index in [0.717, 1.165) is 11.0 Å². The molecule has 3 heterocycles. The lowest BCUT2D eigenvalue weighted by Crippen LogP contribution is -2.37. The molecule has 0 atom stereocenters. The molecule has 0 spiro atoms. The first-order chi connectivity index (χ1) is 12.9. The van der Waals surface area contributed by atoms with Crippen molar-refractivity contribution < 1.29 is 13.2 Å². The highest BCUT2D eigenvalue weighted by molar-refractivity contribution is 7.89. The predicted molar refractivity (Wildman–Crippen MR) is 98.6 cm³/mol. The van der Waals surface area contributed by atoms with Gasteiger partial charge in [0.1, 0.15) is 0 Å². The van der Waals surface area contributed by atoms with Crippen LogP contribution in [0.5, 0.6) is 0 Å². The fourth-order valence-corrected chi connectivity index (χ4v) is 4.68. The molecule has 0 aliphatic carbocycles. The smallest absolute Gasteiger partial charge is 0.262 e. The summed E-state index contributed by atoms with van der Waals surface area (Å²) in [6.45, 7) is 1.46. The molecule has 0 bridgehead atoms. The van der Waals surface area contributed by atoms with Crippen LogP contribution in [0.3, 0.4) is 0 Å². The third kappa shape index (κ3) is 3.33. The molecule has 10 heteroatoms. The Morgan fingerprint density at radius 3 is 2.78 bits per heavy atom. The number of sulfonamides is 1. The van der Waals surface area contributed by atoms with Crippen LogP contribution in [-0.4, -0.2) is 69.2 Å². The fraction of sp³-hybridized carbons (Fsp3) is 0.353. The van der Waals surface area contributed by atoms with Gasteiger partial charge in [-0.25, -0.2) is 18.4 Å². The molecule has 1 aliphatic heterocycles. The van der Waals surface area contributed by atoms with Gasteiger partial charge in [-0.3, -0.25) is 4.79 Å². The third-order valence-electron chi connectivity index (χ3n) is 4.69. The number of aromatic nitrogens is 4. The number of imidazole rings is 2. The van der Waals surface area contributed by atoms with E-state index in [1.54, 1.807) is 41.0 Å². The largest absolute Gasteiger partial charge is 0.345 e. The number of amides is 1. The number of nitrogens with one attached hydrogen (secondary N) is 1. The van der Waals surface area contributed by atoms with E-state index < -0.39 is 10.0 Å². The molecule has 4 rings (SSSR count). The second-order valence-corrected chi connectivity index (χ2v) is 8.45. The molecule has 1 N–H and O–H groups in total. The minimum Gasteiger partial charge on any atom is -0.345 e. The molecule has 0 radical (unpaired) electrons.